The van der Waals surface area contributed by atoms with Crippen LogP contribution in [0.2, 0.25) is 0 Å². The van der Waals surface area contributed by atoms with Crippen molar-refractivity contribution >= 4 is 5.97 Å². The van der Waals surface area contributed by atoms with Gasteiger partial charge in [0.2, 0.25) is 0 Å². The summed E-state index contributed by atoms with van der Waals surface area (Å²) in [6, 6.07) is 0. The molecule has 3 saturated carbocycles. The fourth-order valence-electron chi connectivity index (χ4n) is 6.63. The summed E-state index contributed by atoms with van der Waals surface area (Å²) in [5, 5.41) is 0. The van der Waals surface area contributed by atoms with Gasteiger partial charge in [0.05, 0.1) is 12.2 Å². The van der Waals surface area contributed by atoms with E-state index in [1.165, 1.54) is 25.7 Å². The lowest BCUT2D eigenvalue weighted by atomic mass is 9.71. The number of ether oxygens (including phenoxy) is 2. The van der Waals surface area contributed by atoms with Gasteiger partial charge in [-0.25, -0.2) is 4.79 Å². The maximum absolute atomic E-state index is 11.9. The van der Waals surface area contributed by atoms with Gasteiger partial charge >= 0.3 is 5.97 Å². The molecule has 7 aliphatic rings. The summed E-state index contributed by atoms with van der Waals surface area (Å²) in [7, 11) is 0. The molecule has 2 aliphatic heterocycles. The normalized spacial score (nSPS) is 67.6. The molecule has 0 aromatic carbocycles. The van der Waals surface area contributed by atoms with Crippen molar-refractivity contribution in [1.82, 2.24) is 0 Å². The van der Waals surface area contributed by atoms with Gasteiger partial charge in [-0.2, -0.15) is 0 Å². The zero-order chi connectivity index (χ0) is 11.0. The van der Waals surface area contributed by atoms with Crippen molar-refractivity contribution in [2.24, 2.45) is 22.2 Å². The Morgan fingerprint density at radius 1 is 1.12 bits per heavy atom. The smallest absolute Gasteiger partial charge is 0.334 e. The molecule has 5 aliphatic carbocycles. The minimum Gasteiger partial charge on any atom is -0.461 e. The van der Waals surface area contributed by atoms with Gasteiger partial charge in [0.15, 0.2) is 0 Å². The molecule has 88 valence electrons. The third-order valence-corrected chi connectivity index (χ3v) is 7.00. The molecule has 5 fully saturated rings. The second-order valence-electron chi connectivity index (χ2n) is 7.02. The van der Waals surface area contributed by atoms with E-state index in [0.29, 0.717) is 35.6 Å². The number of fused-ring (bicyclic) bond motifs is 1. The molecule has 4 atom stereocenters. The number of rotatable bonds is 0. The molecule has 17 heavy (non-hydrogen) atoms. The van der Waals surface area contributed by atoms with E-state index in [1.54, 1.807) is 0 Å². The number of carbonyl (C=O) groups is 1. The quantitative estimate of drug-likeness (QED) is 0.467. The molecule has 0 N–H and O–H groups in total. The summed E-state index contributed by atoms with van der Waals surface area (Å²) in [5.41, 5.74) is 1.96. The van der Waals surface area contributed by atoms with Crippen molar-refractivity contribution < 1.29 is 14.3 Å². The molecule has 0 aromatic heterocycles. The molecule has 3 heteroatoms. The highest BCUT2D eigenvalue weighted by atomic mass is 16.6. The van der Waals surface area contributed by atoms with Crippen LogP contribution in [-0.2, 0) is 14.3 Å². The summed E-state index contributed by atoms with van der Waals surface area (Å²) in [5.74, 6) is 0.632. The van der Waals surface area contributed by atoms with Crippen LogP contribution >= 0.6 is 0 Å². The Kier molecular flexibility index (Phi) is 0.922. The van der Waals surface area contributed by atoms with Crippen LogP contribution in [0.1, 0.15) is 25.7 Å². The Bertz CT molecular complexity index is 510. The second kappa shape index (κ2) is 1.89. The third-order valence-electron chi connectivity index (χ3n) is 7.00. The van der Waals surface area contributed by atoms with E-state index in [-0.39, 0.29) is 11.4 Å². The van der Waals surface area contributed by atoms with Crippen molar-refractivity contribution in [3.05, 3.63) is 11.6 Å². The third kappa shape index (κ3) is 0.534. The maximum atomic E-state index is 11.9. The minimum atomic E-state index is -0.0165. The van der Waals surface area contributed by atoms with E-state index in [2.05, 4.69) is 6.08 Å². The number of hydrogen-bond donors (Lipinski definition) is 0. The molecule has 7 rings (SSSR count). The number of hydrogen-bond acceptors (Lipinski definition) is 3. The number of allylic oxidation sites excluding steroid dienone is 1. The van der Waals surface area contributed by atoms with E-state index in [4.69, 9.17) is 9.47 Å². The van der Waals surface area contributed by atoms with Crippen molar-refractivity contribution in [3.8, 4) is 0 Å². The molecular formula is C14H14O3. The van der Waals surface area contributed by atoms with Crippen molar-refractivity contribution in [1.29, 1.82) is 0 Å². The van der Waals surface area contributed by atoms with E-state index in [0.717, 1.165) is 5.57 Å². The van der Waals surface area contributed by atoms with Gasteiger partial charge in [-0.3, -0.25) is 0 Å². The van der Waals surface area contributed by atoms with Gasteiger partial charge in [0, 0.05) is 11.0 Å². The fourth-order valence-corrected chi connectivity index (χ4v) is 6.63. The van der Waals surface area contributed by atoms with Crippen LogP contribution in [0, 0.1) is 22.2 Å². The first-order chi connectivity index (χ1) is 8.22. The Morgan fingerprint density at radius 2 is 1.82 bits per heavy atom. The van der Waals surface area contributed by atoms with Gasteiger partial charge in [-0.1, -0.05) is 6.08 Å². The highest BCUT2D eigenvalue weighted by Crippen LogP contribution is 2.96. The molecule has 0 radical (unpaired) electrons. The minimum absolute atomic E-state index is 0.0165. The predicted molar refractivity (Wildman–Crippen MR) is 57.0 cm³/mol. The van der Waals surface area contributed by atoms with E-state index in [1.807, 2.05) is 0 Å². The zero-order valence-corrected chi connectivity index (χ0v) is 9.57. The number of epoxide rings is 1. The van der Waals surface area contributed by atoms with Crippen LogP contribution in [0.4, 0.5) is 0 Å². The highest BCUT2D eigenvalue weighted by Gasteiger charge is 2.95. The SMILES string of the molecule is O=C1OCC23C1=CC1CC24CC2OC2CC43C1. The Morgan fingerprint density at radius 3 is 2.53 bits per heavy atom. The summed E-state index contributed by atoms with van der Waals surface area (Å²) in [4.78, 5) is 11.9. The lowest BCUT2D eigenvalue weighted by Crippen LogP contribution is -2.27. The van der Waals surface area contributed by atoms with E-state index < -0.39 is 0 Å². The molecule has 2 saturated heterocycles. The van der Waals surface area contributed by atoms with Gasteiger partial charge in [-0.05, 0) is 42.4 Å². The summed E-state index contributed by atoms with van der Waals surface area (Å²) in [6.07, 6.45) is 8.24. The fraction of sp³-hybridized carbons (Fsp3) is 0.786. The molecular weight excluding hydrogens is 216 g/mol. The predicted octanol–water partition coefficient (Wildman–Crippen LogP) is 1.43. The number of carbonyl (C=O) groups excluding carboxylic acids is 1. The standard InChI is InChI=1S/C14H14O3/c15-11-8-1-7-2-12-4-9-10(17-9)5-13(12,3-7)14(8,12)6-16-11/h1,7,9-10H,2-6H2. The van der Waals surface area contributed by atoms with Crippen LogP contribution in [0.15, 0.2) is 11.6 Å². The van der Waals surface area contributed by atoms with Crippen LogP contribution < -0.4 is 0 Å². The van der Waals surface area contributed by atoms with Gasteiger partial charge < -0.3 is 9.47 Å². The van der Waals surface area contributed by atoms with Crippen molar-refractivity contribution in [3.63, 3.8) is 0 Å². The first-order valence-electron chi connectivity index (χ1n) is 6.77. The van der Waals surface area contributed by atoms with Gasteiger partial charge in [0.1, 0.15) is 6.61 Å². The maximum Gasteiger partial charge on any atom is 0.334 e. The molecule has 3 nitrogen and oxygen atoms in total. The van der Waals surface area contributed by atoms with Crippen LogP contribution in [0.3, 0.4) is 0 Å². The average Bonchev–Trinajstić information content (AvgIpc) is 3.03. The Hall–Kier alpha value is -0.830. The first-order valence-corrected chi connectivity index (χ1v) is 6.77. The summed E-state index contributed by atoms with van der Waals surface area (Å²) in [6.45, 7) is 0.670. The molecule has 0 aromatic rings. The highest BCUT2D eigenvalue weighted by molar-refractivity contribution is 5.95. The van der Waals surface area contributed by atoms with Crippen LogP contribution in [0.25, 0.3) is 0 Å². The number of esters is 1. The van der Waals surface area contributed by atoms with E-state index in [9.17, 15) is 4.79 Å². The Labute approximate surface area is 99.1 Å². The average molecular weight is 230 g/mol. The summed E-state index contributed by atoms with van der Waals surface area (Å²) >= 11 is 0. The van der Waals surface area contributed by atoms with Crippen molar-refractivity contribution in [2.45, 2.75) is 37.9 Å². The topological polar surface area (TPSA) is 38.8 Å². The van der Waals surface area contributed by atoms with E-state index >= 15 is 0 Å². The summed E-state index contributed by atoms with van der Waals surface area (Å²) < 4.78 is 11.2. The van der Waals surface area contributed by atoms with Crippen LogP contribution in [-0.4, -0.2) is 24.8 Å². The van der Waals surface area contributed by atoms with Crippen molar-refractivity contribution in [2.75, 3.05) is 6.61 Å². The molecule has 3 spiro atoms. The number of cyclic esters (lactones) is 1. The molecule has 4 bridgehead atoms. The molecule has 4 unspecified atom stereocenters. The van der Waals surface area contributed by atoms with Gasteiger partial charge in [-0.15, -0.1) is 0 Å². The first kappa shape index (κ1) is 8.30. The monoisotopic (exact) mass is 230 g/mol. The van der Waals surface area contributed by atoms with Gasteiger partial charge in [0.25, 0.3) is 0 Å². The lowest BCUT2D eigenvalue weighted by molar-refractivity contribution is -0.135. The largest absolute Gasteiger partial charge is 0.461 e. The molecule has 0 amide bonds. The Balaban J connectivity index is 1.65. The lowest BCUT2D eigenvalue weighted by Gasteiger charge is -2.29. The second-order valence-corrected chi connectivity index (χ2v) is 7.02. The zero-order valence-electron chi connectivity index (χ0n) is 9.57. The molecule has 2 heterocycles. The van der Waals surface area contributed by atoms with Crippen LogP contribution in [0.5, 0.6) is 0 Å².